The van der Waals surface area contributed by atoms with Gasteiger partial charge in [0.15, 0.2) is 11.5 Å². The topological polar surface area (TPSA) is 44.5 Å². The van der Waals surface area contributed by atoms with Crippen molar-refractivity contribution < 1.29 is 9.47 Å². The van der Waals surface area contributed by atoms with E-state index in [4.69, 9.17) is 15.2 Å². The standard InChI is InChI=1S/C17H27NO2/c1-4-7-8-10-20-17-15(9-5-2)11-14(13-18)12-16(17)19-6-3/h5,11-12H,2,4,6-10,13,18H2,1,3H3. The van der Waals surface area contributed by atoms with Gasteiger partial charge in [-0.2, -0.15) is 0 Å². The third kappa shape index (κ3) is 4.89. The van der Waals surface area contributed by atoms with Gasteiger partial charge in [0.2, 0.25) is 0 Å². The first-order valence-corrected chi connectivity index (χ1v) is 7.49. The third-order valence-corrected chi connectivity index (χ3v) is 3.09. The smallest absolute Gasteiger partial charge is 0.164 e. The predicted octanol–water partition coefficient (Wildman–Crippen LogP) is 3.84. The van der Waals surface area contributed by atoms with Crippen LogP contribution in [0.5, 0.6) is 11.5 Å². The summed E-state index contributed by atoms with van der Waals surface area (Å²) < 4.78 is 11.7. The molecule has 0 heterocycles. The summed E-state index contributed by atoms with van der Waals surface area (Å²) in [5.41, 5.74) is 7.91. The van der Waals surface area contributed by atoms with Crippen LogP contribution in [-0.2, 0) is 13.0 Å². The number of allylic oxidation sites excluding steroid dienone is 1. The summed E-state index contributed by atoms with van der Waals surface area (Å²) in [7, 11) is 0. The molecule has 0 atom stereocenters. The average Bonchev–Trinajstić information content (AvgIpc) is 2.45. The molecule has 0 fully saturated rings. The minimum absolute atomic E-state index is 0.500. The third-order valence-electron chi connectivity index (χ3n) is 3.09. The predicted molar refractivity (Wildman–Crippen MR) is 84.4 cm³/mol. The Labute approximate surface area is 122 Å². The SMILES string of the molecule is C=CCc1cc(CN)cc(OCC)c1OCCCCC. The highest BCUT2D eigenvalue weighted by molar-refractivity contribution is 5.50. The van der Waals surface area contributed by atoms with Crippen molar-refractivity contribution in [2.75, 3.05) is 13.2 Å². The molecule has 0 aliphatic heterocycles. The van der Waals surface area contributed by atoms with Crippen molar-refractivity contribution in [3.8, 4) is 11.5 Å². The highest BCUT2D eigenvalue weighted by atomic mass is 16.5. The molecule has 0 unspecified atom stereocenters. The van der Waals surface area contributed by atoms with Crippen LogP contribution < -0.4 is 15.2 Å². The van der Waals surface area contributed by atoms with Crippen LogP contribution in [0.1, 0.15) is 44.2 Å². The van der Waals surface area contributed by atoms with E-state index in [1.807, 2.05) is 19.1 Å². The Kier molecular flexibility index (Phi) is 7.81. The molecule has 1 aromatic rings. The molecule has 3 nitrogen and oxygen atoms in total. The fourth-order valence-electron chi connectivity index (χ4n) is 2.10. The molecule has 1 rings (SSSR count). The first kappa shape index (κ1) is 16.6. The zero-order valence-electron chi connectivity index (χ0n) is 12.8. The van der Waals surface area contributed by atoms with Crippen molar-refractivity contribution in [1.29, 1.82) is 0 Å². The van der Waals surface area contributed by atoms with E-state index in [0.29, 0.717) is 13.2 Å². The van der Waals surface area contributed by atoms with E-state index in [2.05, 4.69) is 19.6 Å². The lowest BCUT2D eigenvalue weighted by molar-refractivity contribution is 0.269. The fourth-order valence-corrected chi connectivity index (χ4v) is 2.10. The van der Waals surface area contributed by atoms with Gasteiger partial charge in [0.25, 0.3) is 0 Å². The lowest BCUT2D eigenvalue weighted by Crippen LogP contribution is -2.06. The van der Waals surface area contributed by atoms with E-state index in [-0.39, 0.29) is 0 Å². The average molecular weight is 277 g/mol. The van der Waals surface area contributed by atoms with Crippen molar-refractivity contribution in [3.05, 3.63) is 35.9 Å². The van der Waals surface area contributed by atoms with Crippen LogP contribution in [0.25, 0.3) is 0 Å². The highest BCUT2D eigenvalue weighted by Crippen LogP contribution is 2.34. The van der Waals surface area contributed by atoms with Crippen LogP contribution >= 0.6 is 0 Å². The summed E-state index contributed by atoms with van der Waals surface area (Å²) in [5.74, 6) is 1.64. The zero-order chi connectivity index (χ0) is 14.8. The number of hydrogen-bond donors (Lipinski definition) is 1. The number of unbranched alkanes of at least 4 members (excludes halogenated alkanes) is 2. The Morgan fingerprint density at radius 3 is 2.60 bits per heavy atom. The minimum Gasteiger partial charge on any atom is -0.490 e. The number of ether oxygens (including phenoxy) is 2. The second kappa shape index (κ2) is 9.43. The van der Waals surface area contributed by atoms with Crippen molar-refractivity contribution in [2.45, 2.75) is 46.1 Å². The van der Waals surface area contributed by atoms with Crippen LogP contribution in [0, 0.1) is 0 Å². The second-order valence-corrected chi connectivity index (χ2v) is 4.77. The molecule has 0 aliphatic carbocycles. The summed E-state index contributed by atoms with van der Waals surface area (Å²) in [6.07, 6.45) is 6.07. The molecular weight excluding hydrogens is 250 g/mol. The van der Waals surface area contributed by atoms with Gasteiger partial charge in [0.05, 0.1) is 13.2 Å². The van der Waals surface area contributed by atoms with Crippen LogP contribution in [0.15, 0.2) is 24.8 Å². The molecule has 1 aromatic carbocycles. The van der Waals surface area contributed by atoms with Gasteiger partial charge in [-0.1, -0.05) is 31.9 Å². The van der Waals surface area contributed by atoms with Crippen LogP contribution in [0.4, 0.5) is 0 Å². The molecule has 0 spiro atoms. The molecule has 0 aromatic heterocycles. The normalized spacial score (nSPS) is 10.3. The number of nitrogens with two attached hydrogens (primary N) is 1. The Hall–Kier alpha value is -1.48. The number of hydrogen-bond acceptors (Lipinski definition) is 3. The molecule has 0 radical (unpaired) electrons. The maximum atomic E-state index is 5.96. The molecule has 3 heteroatoms. The first-order valence-electron chi connectivity index (χ1n) is 7.49. The summed E-state index contributed by atoms with van der Waals surface area (Å²) in [6, 6.07) is 4.06. The van der Waals surface area contributed by atoms with Gasteiger partial charge >= 0.3 is 0 Å². The summed E-state index contributed by atoms with van der Waals surface area (Å²) in [6.45, 7) is 9.81. The minimum atomic E-state index is 0.500. The first-order chi connectivity index (χ1) is 9.76. The summed E-state index contributed by atoms with van der Waals surface area (Å²) >= 11 is 0. The van der Waals surface area contributed by atoms with Crippen LogP contribution in [0.2, 0.25) is 0 Å². The second-order valence-electron chi connectivity index (χ2n) is 4.77. The maximum absolute atomic E-state index is 5.96. The van der Waals surface area contributed by atoms with Gasteiger partial charge in [0, 0.05) is 12.1 Å². The Morgan fingerprint density at radius 2 is 2.00 bits per heavy atom. The maximum Gasteiger partial charge on any atom is 0.164 e. The largest absolute Gasteiger partial charge is 0.490 e. The molecule has 20 heavy (non-hydrogen) atoms. The molecule has 0 saturated heterocycles. The van der Waals surface area contributed by atoms with E-state index in [1.54, 1.807) is 0 Å². The Bertz CT molecular complexity index is 416. The quantitative estimate of drug-likeness (QED) is 0.522. The zero-order valence-corrected chi connectivity index (χ0v) is 12.8. The van der Waals surface area contributed by atoms with E-state index in [9.17, 15) is 0 Å². The fraction of sp³-hybridized carbons (Fsp3) is 0.529. The molecule has 112 valence electrons. The lowest BCUT2D eigenvalue weighted by Gasteiger charge is -2.17. The van der Waals surface area contributed by atoms with E-state index >= 15 is 0 Å². The lowest BCUT2D eigenvalue weighted by atomic mass is 10.1. The van der Waals surface area contributed by atoms with Gasteiger partial charge in [-0.15, -0.1) is 6.58 Å². The molecule has 0 bridgehead atoms. The van der Waals surface area contributed by atoms with Crippen molar-refractivity contribution in [2.24, 2.45) is 5.73 Å². The summed E-state index contributed by atoms with van der Waals surface area (Å²) in [4.78, 5) is 0. The Morgan fingerprint density at radius 1 is 1.20 bits per heavy atom. The van der Waals surface area contributed by atoms with Crippen molar-refractivity contribution >= 4 is 0 Å². The monoisotopic (exact) mass is 277 g/mol. The highest BCUT2D eigenvalue weighted by Gasteiger charge is 2.12. The molecule has 0 amide bonds. The van der Waals surface area contributed by atoms with Gasteiger partial charge in [-0.05, 0) is 31.4 Å². The van der Waals surface area contributed by atoms with Crippen molar-refractivity contribution in [3.63, 3.8) is 0 Å². The van der Waals surface area contributed by atoms with Crippen molar-refractivity contribution in [1.82, 2.24) is 0 Å². The van der Waals surface area contributed by atoms with E-state index < -0.39 is 0 Å². The molecular formula is C17H27NO2. The summed E-state index contributed by atoms with van der Waals surface area (Å²) in [5, 5.41) is 0. The van der Waals surface area contributed by atoms with Gasteiger partial charge in [-0.25, -0.2) is 0 Å². The van der Waals surface area contributed by atoms with Gasteiger partial charge in [-0.3, -0.25) is 0 Å². The number of rotatable bonds is 10. The molecule has 2 N–H and O–H groups in total. The Balaban J connectivity index is 2.97. The van der Waals surface area contributed by atoms with E-state index in [1.165, 1.54) is 12.8 Å². The van der Waals surface area contributed by atoms with Crippen LogP contribution in [-0.4, -0.2) is 13.2 Å². The van der Waals surface area contributed by atoms with Gasteiger partial charge < -0.3 is 15.2 Å². The number of benzene rings is 1. The van der Waals surface area contributed by atoms with E-state index in [0.717, 1.165) is 42.1 Å². The molecule has 0 aliphatic rings. The van der Waals surface area contributed by atoms with Crippen LogP contribution in [0.3, 0.4) is 0 Å². The molecule has 0 saturated carbocycles. The van der Waals surface area contributed by atoms with Gasteiger partial charge in [0.1, 0.15) is 0 Å².